The predicted molar refractivity (Wildman–Crippen MR) is 206 cm³/mol. The zero-order valence-corrected chi connectivity index (χ0v) is 31.2. The Morgan fingerprint density at radius 3 is 2.27 bits per heavy atom. The third kappa shape index (κ3) is 9.50. The van der Waals surface area contributed by atoms with E-state index < -0.39 is 34.8 Å². The first-order valence-electron chi connectivity index (χ1n) is 18.5. The molecule has 1 aliphatic heterocycles. The average molecular weight is 769 g/mol. The van der Waals surface area contributed by atoms with Gasteiger partial charge in [0.15, 0.2) is 0 Å². The van der Waals surface area contributed by atoms with Crippen molar-refractivity contribution in [1.29, 1.82) is 0 Å². The van der Waals surface area contributed by atoms with Crippen molar-refractivity contribution in [2.24, 2.45) is 0 Å². The second-order valence-electron chi connectivity index (χ2n) is 13.7. The van der Waals surface area contributed by atoms with Gasteiger partial charge in [0.1, 0.15) is 23.0 Å². The average Bonchev–Trinajstić information content (AvgIpc) is 3.20. The number of H-pyrrole nitrogens is 1. The van der Waals surface area contributed by atoms with Crippen molar-refractivity contribution in [2.75, 3.05) is 66.1 Å². The number of carbonyl (C=O) groups excluding carboxylic acids is 3. The number of rotatable bonds is 14. The summed E-state index contributed by atoms with van der Waals surface area (Å²) in [5.41, 5.74) is 2.26. The van der Waals surface area contributed by atoms with E-state index in [2.05, 4.69) is 15.5 Å². The van der Waals surface area contributed by atoms with E-state index in [1.807, 2.05) is 25.1 Å². The van der Waals surface area contributed by atoms with Gasteiger partial charge in [0, 0.05) is 51.1 Å². The number of aryl methyl sites for hydroxylation is 1. The van der Waals surface area contributed by atoms with E-state index >= 15 is 0 Å². The van der Waals surface area contributed by atoms with Crippen LogP contribution in [0.25, 0.3) is 21.9 Å². The molecule has 1 aliphatic rings. The molecule has 0 saturated carbocycles. The van der Waals surface area contributed by atoms with Crippen molar-refractivity contribution in [3.05, 3.63) is 135 Å². The smallest absolute Gasteiger partial charge is 0.272 e. The molecule has 0 bridgehead atoms. The fourth-order valence-electron chi connectivity index (χ4n) is 6.66. The van der Waals surface area contributed by atoms with Gasteiger partial charge in [-0.15, -0.1) is 0 Å². The van der Waals surface area contributed by atoms with Crippen LogP contribution in [0.3, 0.4) is 0 Å². The molecule has 11 nitrogen and oxygen atoms in total. The fourth-order valence-corrected chi connectivity index (χ4v) is 6.66. The minimum absolute atomic E-state index is 0.0291. The lowest BCUT2D eigenvalue weighted by molar-refractivity contribution is -0.133. The summed E-state index contributed by atoms with van der Waals surface area (Å²) in [6, 6.07) is 21.1. The number of piperazine rings is 1. The maximum Gasteiger partial charge on any atom is 0.272 e. The number of likely N-dealkylation sites (N-methyl/N-ethyl adjacent to an activating group) is 1. The Morgan fingerprint density at radius 2 is 1.54 bits per heavy atom. The summed E-state index contributed by atoms with van der Waals surface area (Å²) in [6.45, 7) is 3.93. The van der Waals surface area contributed by atoms with Crippen molar-refractivity contribution in [3.63, 3.8) is 0 Å². The molecule has 0 radical (unpaired) electrons. The molecule has 0 atom stereocenters. The minimum atomic E-state index is -0.953. The van der Waals surface area contributed by atoms with Crippen LogP contribution in [0.5, 0.6) is 0 Å². The van der Waals surface area contributed by atoms with Crippen molar-refractivity contribution in [2.45, 2.75) is 19.8 Å². The topological polar surface area (TPSA) is 128 Å². The maximum absolute atomic E-state index is 14.9. The Balaban J connectivity index is 0.907. The van der Waals surface area contributed by atoms with Crippen LogP contribution < -0.4 is 10.9 Å². The highest BCUT2D eigenvalue weighted by molar-refractivity contribution is 5.96. The molecule has 1 saturated heterocycles. The first-order valence-corrected chi connectivity index (χ1v) is 18.5. The van der Waals surface area contributed by atoms with Crippen LogP contribution >= 0.6 is 0 Å². The van der Waals surface area contributed by atoms with Gasteiger partial charge in [0.2, 0.25) is 5.91 Å². The van der Waals surface area contributed by atoms with Crippen molar-refractivity contribution >= 4 is 28.5 Å². The van der Waals surface area contributed by atoms with E-state index in [9.17, 15) is 32.3 Å². The van der Waals surface area contributed by atoms with Crippen molar-refractivity contribution in [1.82, 2.24) is 30.2 Å². The lowest BCUT2D eigenvalue weighted by Gasteiger charge is -2.35. The van der Waals surface area contributed by atoms with Crippen LogP contribution in [0.15, 0.2) is 83.7 Å². The molecule has 5 aromatic rings. The molecule has 0 spiro atoms. The largest absolute Gasteiger partial charge is 0.378 e. The normalized spacial score (nSPS) is 13.0. The van der Waals surface area contributed by atoms with Crippen LogP contribution in [0.2, 0.25) is 0 Å². The summed E-state index contributed by atoms with van der Waals surface area (Å²) >= 11 is 0. The van der Waals surface area contributed by atoms with Gasteiger partial charge in [0.25, 0.3) is 17.4 Å². The second kappa shape index (κ2) is 18.2. The fraction of sp³-hybridized carbons (Fsp3) is 0.310. The number of benzene rings is 4. The number of halogens is 3. The molecule has 3 amide bonds. The Hall–Kier alpha value is -5.86. The number of nitrogens with zero attached hydrogens (tertiary/aromatic N) is 4. The third-order valence-corrected chi connectivity index (χ3v) is 9.82. The van der Waals surface area contributed by atoms with Gasteiger partial charge in [-0.05, 0) is 66.1 Å². The number of nitrogens with one attached hydrogen (secondary N) is 2. The lowest BCUT2D eigenvalue weighted by Crippen LogP contribution is -2.52. The molecule has 292 valence electrons. The number of amides is 3. The first-order chi connectivity index (χ1) is 27.0. The van der Waals surface area contributed by atoms with Gasteiger partial charge in [-0.25, -0.2) is 18.3 Å². The summed E-state index contributed by atoms with van der Waals surface area (Å²) in [7, 11) is 1.76. The highest BCUT2D eigenvalue weighted by Crippen LogP contribution is 2.26. The lowest BCUT2D eigenvalue weighted by atomic mass is 10.00. The Labute approximate surface area is 322 Å². The number of hydrogen-bond donors (Lipinski definition) is 2. The van der Waals surface area contributed by atoms with Crippen LogP contribution in [-0.2, 0) is 22.4 Å². The molecule has 0 aliphatic carbocycles. The Kier molecular flexibility index (Phi) is 12.9. The maximum atomic E-state index is 14.9. The summed E-state index contributed by atoms with van der Waals surface area (Å²) in [6.07, 6.45) is 1.06. The Morgan fingerprint density at radius 1 is 0.821 bits per heavy atom. The van der Waals surface area contributed by atoms with E-state index in [4.69, 9.17) is 4.74 Å². The highest BCUT2D eigenvalue weighted by Gasteiger charge is 2.27. The van der Waals surface area contributed by atoms with Gasteiger partial charge < -0.3 is 19.9 Å². The van der Waals surface area contributed by atoms with Crippen LogP contribution in [0, 0.1) is 17.5 Å². The molecule has 1 fully saturated rings. The second-order valence-corrected chi connectivity index (χ2v) is 13.7. The van der Waals surface area contributed by atoms with E-state index in [1.54, 1.807) is 53.2 Å². The molecule has 0 unspecified atom stereocenters. The molecule has 4 aromatic carbocycles. The van der Waals surface area contributed by atoms with Crippen LogP contribution in [0.4, 0.5) is 13.2 Å². The van der Waals surface area contributed by atoms with Gasteiger partial charge in [0.05, 0.1) is 36.4 Å². The number of carbonyl (C=O) groups is 3. The van der Waals surface area contributed by atoms with Crippen LogP contribution in [-0.4, -0.2) is 109 Å². The SMILES string of the molecule is CCc1cccc(-c2cc(F)c(C(=O)NCCOCCN(C)CC(=O)N3CCN(C(=O)c4cc(Cc5n[nH]c(=O)c6ccccc56)ccc4F)CC3)c(F)c2)c1. The molecule has 6 rings (SSSR count). The first kappa shape index (κ1) is 39.8. The molecule has 14 heteroatoms. The van der Waals surface area contributed by atoms with Crippen molar-refractivity contribution < 1.29 is 32.3 Å². The number of hydrogen-bond acceptors (Lipinski definition) is 7. The number of ether oxygens (including phenoxy) is 1. The predicted octanol–water partition coefficient (Wildman–Crippen LogP) is 4.82. The quantitative estimate of drug-likeness (QED) is 0.155. The van der Waals surface area contributed by atoms with E-state index in [0.29, 0.717) is 52.8 Å². The van der Waals surface area contributed by atoms with Gasteiger partial charge >= 0.3 is 0 Å². The summed E-state index contributed by atoms with van der Waals surface area (Å²) < 4.78 is 50.2. The summed E-state index contributed by atoms with van der Waals surface area (Å²) in [5.74, 6) is -4.03. The van der Waals surface area contributed by atoms with Gasteiger partial charge in [-0.1, -0.05) is 55.5 Å². The van der Waals surface area contributed by atoms with E-state index in [1.165, 1.54) is 17.0 Å². The monoisotopic (exact) mass is 768 g/mol. The summed E-state index contributed by atoms with van der Waals surface area (Å²) in [4.78, 5) is 56.1. The van der Waals surface area contributed by atoms with E-state index in [0.717, 1.165) is 24.1 Å². The molecular formula is C42H43F3N6O5. The molecule has 56 heavy (non-hydrogen) atoms. The van der Waals surface area contributed by atoms with E-state index in [-0.39, 0.29) is 62.8 Å². The Bertz CT molecular complexity index is 2270. The van der Waals surface area contributed by atoms with Crippen molar-refractivity contribution in [3.8, 4) is 11.1 Å². The highest BCUT2D eigenvalue weighted by atomic mass is 19.1. The number of aromatic nitrogens is 2. The molecule has 1 aromatic heterocycles. The molecular weight excluding hydrogens is 725 g/mol. The van der Waals surface area contributed by atoms with Gasteiger partial charge in [-0.3, -0.25) is 24.1 Å². The molecule has 2 N–H and O–H groups in total. The minimum Gasteiger partial charge on any atom is -0.378 e. The summed E-state index contributed by atoms with van der Waals surface area (Å²) in [5, 5.41) is 10.3. The van der Waals surface area contributed by atoms with Gasteiger partial charge in [-0.2, -0.15) is 5.10 Å². The third-order valence-electron chi connectivity index (χ3n) is 9.82. The molecule has 2 heterocycles. The number of aromatic amines is 1. The zero-order chi connectivity index (χ0) is 39.8. The zero-order valence-electron chi connectivity index (χ0n) is 31.2. The number of fused-ring (bicyclic) bond motifs is 1. The van der Waals surface area contributed by atoms with Crippen LogP contribution in [0.1, 0.15) is 44.5 Å². The standard InChI is InChI=1S/C42H43F3N6O5/c1-3-27-7-6-8-29(21-27)30-24-35(44)39(36(45)25-30)41(54)46-13-19-56-20-18-49(2)26-38(52)50-14-16-51(17-15-50)42(55)33-22-28(11-12-34(33)43)23-37-31-9-4-5-10-32(31)40(53)48-47-37/h4-12,21-22,24-25H,3,13-20,23,26H2,1-2H3,(H,46,54)(H,48,53).